The number of anilines is 2. The lowest BCUT2D eigenvalue weighted by Gasteiger charge is -2.08. The summed E-state index contributed by atoms with van der Waals surface area (Å²) < 4.78 is 4.94. The van der Waals surface area contributed by atoms with Crippen LogP contribution in [0.5, 0.6) is 0 Å². The molecule has 0 radical (unpaired) electrons. The Morgan fingerprint density at radius 3 is 3.00 bits per heavy atom. The summed E-state index contributed by atoms with van der Waals surface area (Å²) in [6.45, 7) is 2.70. The Bertz CT molecular complexity index is 397. The first-order valence-corrected chi connectivity index (χ1v) is 7.01. The first-order chi connectivity index (χ1) is 8.63. The molecule has 0 saturated carbocycles. The number of aryl methyl sites for hydroxylation is 1. The number of carbonyl (C=O) groups excluding carboxylic acids is 1. The lowest BCUT2D eigenvalue weighted by Crippen LogP contribution is -2.15. The number of nitrogen functional groups attached to an aromatic ring is 1. The van der Waals surface area contributed by atoms with Gasteiger partial charge in [0.2, 0.25) is 5.91 Å². The molecule has 0 aliphatic heterocycles. The molecule has 1 amide bonds. The van der Waals surface area contributed by atoms with E-state index in [1.54, 1.807) is 24.9 Å². The molecule has 0 saturated heterocycles. The van der Waals surface area contributed by atoms with Crippen LogP contribution in [-0.4, -0.2) is 31.1 Å². The molecule has 0 atom stereocenters. The van der Waals surface area contributed by atoms with E-state index in [1.165, 1.54) is 0 Å². The Kier molecular flexibility index (Phi) is 6.60. The summed E-state index contributed by atoms with van der Waals surface area (Å²) in [5.74, 6) is 1.34. The second-order valence-corrected chi connectivity index (χ2v) is 5.14. The highest BCUT2D eigenvalue weighted by Gasteiger charge is 2.05. The third-order valence-electron chi connectivity index (χ3n) is 2.35. The van der Waals surface area contributed by atoms with Crippen molar-refractivity contribution in [1.29, 1.82) is 0 Å². The lowest BCUT2D eigenvalue weighted by atomic mass is 10.2. The minimum absolute atomic E-state index is 0.0188. The van der Waals surface area contributed by atoms with Crippen molar-refractivity contribution in [3.63, 3.8) is 0 Å². The quantitative estimate of drug-likeness (QED) is 0.588. The Labute approximate surface area is 112 Å². The fourth-order valence-corrected chi connectivity index (χ4v) is 2.16. The number of hydrogen-bond donors (Lipinski definition) is 2. The third kappa shape index (κ3) is 5.42. The monoisotopic (exact) mass is 268 g/mol. The number of ether oxygens (including phenoxy) is 1. The zero-order valence-electron chi connectivity index (χ0n) is 10.9. The van der Waals surface area contributed by atoms with Crippen LogP contribution in [0.25, 0.3) is 0 Å². The van der Waals surface area contributed by atoms with Crippen molar-refractivity contribution in [3.05, 3.63) is 23.8 Å². The molecule has 0 heterocycles. The van der Waals surface area contributed by atoms with E-state index in [9.17, 15) is 4.79 Å². The van der Waals surface area contributed by atoms with Crippen LogP contribution in [-0.2, 0) is 9.53 Å². The van der Waals surface area contributed by atoms with Crippen molar-refractivity contribution in [2.24, 2.45) is 0 Å². The number of thioether (sulfide) groups is 1. The molecule has 0 aliphatic rings. The topological polar surface area (TPSA) is 64.3 Å². The van der Waals surface area contributed by atoms with Gasteiger partial charge in [0.05, 0.1) is 17.1 Å². The predicted molar refractivity (Wildman–Crippen MR) is 78.0 cm³/mol. The largest absolute Gasteiger partial charge is 0.397 e. The molecule has 4 nitrogen and oxygen atoms in total. The van der Waals surface area contributed by atoms with Gasteiger partial charge in [-0.05, 0) is 36.8 Å². The Morgan fingerprint density at radius 2 is 2.28 bits per heavy atom. The summed E-state index contributed by atoms with van der Waals surface area (Å²) in [5, 5.41) is 2.83. The van der Waals surface area contributed by atoms with Gasteiger partial charge in [-0.2, -0.15) is 11.8 Å². The van der Waals surface area contributed by atoms with Gasteiger partial charge in [-0.1, -0.05) is 6.07 Å². The van der Waals surface area contributed by atoms with Crippen molar-refractivity contribution >= 4 is 29.0 Å². The van der Waals surface area contributed by atoms with Crippen LogP contribution < -0.4 is 11.1 Å². The highest BCUT2D eigenvalue weighted by Crippen LogP contribution is 2.19. The molecule has 1 aromatic carbocycles. The van der Waals surface area contributed by atoms with Gasteiger partial charge in [0, 0.05) is 13.7 Å². The highest BCUT2D eigenvalue weighted by molar-refractivity contribution is 7.99. The number of benzene rings is 1. The van der Waals surface area contributed by atoms with E-state index < -0.39 is 0 Å². The minimum atomic E-state index is -0.0188. The maximum atomic E-state index is 11.7. The molecular weight excluding hydrogens is 248 g/mol. The van der Waals surface area contributed by atoms with E-state index in [4.69, 9.17) is 10.5 Å². The molecule has 0 spiro atoms. The summed E-state index contributed by atoms with van der Waals surface area (Å²) in [6.07, 6.45) is 0.959. The molecule has 1 aromatic rings. The van der Waals surface area contributed by atoms with Gasteiger partial charge in [-0.15, -0.1) is 0 Å². The van der Waals surface area contributed by atoms with Gasteiger partial charge >= 0.3 is 0 Å². The summed E-state index contributed by atoms with van der Waals surface area (Å²) >= 11 is 1.60. The van der Waals surface area contributed by atoms with Crippen LogP contribution in [0.3, 0.4) is 0 Å². The average molecular weight is 268 g/mol. The molecule has 0 aliphatic carbocycles. The van der Waals surface area contributed by atoms with Gasteiger partial charge in [0.25, 0.3) is 0 Å². The first kappa shape index (κ1) is 14.9. The maximum Gasteiger partial charge on any atom is 0.234 e. The average Bonchev–Trinajstić information content (AvgIpc) is 2.33. The van der Waals surface area contributed by atoms with E-state index in [0.29, 0.717) is 17.1 Å². The number of carbonyl (C=O) groups is 1. The van der Waals surface area contributed by atoms with E-state index in [2.05, 4.69) is 5.32 Å². The number of methoxy groups -OCH3 is 1. The van der Waals surface area contributed by atoms with E-state index >= 15 is 0 Å². The van der Waals surface area contributed by atoms with E-state index in [0.717, 1.165) is 24.3 Å². The zero-order valence-corrected chi connectivity index (χ0v) is 11.7. The standard InChI is InChI=1S/C13H20N2O2S/c1-10-4-5-11(14)12(8-10)15-13(16)9-18-7-3-6-17-2/h4-5,8H,3,6-7,9,14H2,1-2H3,(H,15,16). The van der Waals surface area contributed by atoms with Crippen LogP contribution >= 0.6 is 11.8 Å². The van der Waals surface area contributed by atoms with Gasteiger partial charge in [0.1, 0.15) is 0 Å². The van der Waals surface area contributed by atoms with Crippen LogP contribution in [0.4, 0.5) is 11.4 Å². The van der Waals surface area contributed by atoms with Crippen LogP contribution in [0.2, 0.25) is 0 Å². The molecule has 0 aromatic heterocycles. The molecule has 5 heteroatoms. The van der Waals surface area contributed by atoms with Gasteiger partial charge in [0.15, 0.2) is 0 Å². The molecule has 18 heavy (non-hydrogen) atoms. The molecule has 0 unspecified atom stereocenters. The fraction of sp³-hybridized carbons (Fsp3) is 0.462. The number of nitrogens with two attached hydrogens (primary N) is 1. The Hall–Kier alpha value is -1.20. The molecule has 100 valence electrons. The third-order valence-corrected chi connectivity index (χ3v) is 3.40. The zero-order chi connectivity index (χ0) is 13.4. The molecule has 3 N–H and O–H groups in total. The van der Waals surface area contributed by atoms with Gasteiger partial charge < -0.3 is 15.8 Å². The second-order valence-electron chi connectivity index (χ2n) is 4.04. The number of rotatable bonds is 7. The molecule has 0 bridgehead atoms. The van der Waals surface area contributed by atoms with Crippen molar-refractivity contribution in [2.45, 2.75) is 13.3 Å². The van der Waals surface area contributed by atoms with Crippen LogP contribution in [0.15, 0.2) is 18.2 Å². The summed E-state index contributed by atoms with van der Waals surface area (Å²) in [5.41, 5.74) is 8.16. The number of amides is 1. The van der Waals surface area contributed by atoms with E-state index in [-0.39, 0.29) is 5.91 Å². The van der Waals surface area contributed by atoms with Crippen molar-refractivity contribution < 1.29 is 9.53 Å². The summed E-state index contributed by atoms with van der Waals surface area (Å²) in [4.78, 5) is 11.7. The van der Waals surface area contributed by atoms with Crippen LogP contribution in [0, 0.1) is 6.92 Å². The fourth-order valence-electron chi connectivity index (χ4n) is 1.43. The van der Waals surface area contributed by atoms with Crippen molar-refractivity contribution in [1.82, 2.24) is 0 Å². The Balaban J connectivity index is 2.33. The van der Waals surface area contributed by atoms with E-state index in [1.807, 2.05) is 19.1 Å². The van der Waals surface area contributed by atoms with Crippen molar-refractivity contribution in [3.8, 4) is 0 Å². The number of nitrogens with one attached hydrogen (secondary N) is 1. The molecular formula is C13H20N2O2S. The van der Waals surface area contributed by atoms with Gasteiger partial charge in [-0.3, -0.25) is 4.79 Å². The van der Waals surface area contributed by atoms with Crippen molar-refractivity contribution in [2.75, 3.05) is 36.3 Å². The lowest BCUT2D eigenvalue weighted by molar-refractivity contribution is -0.113. The first-order valence-electron chi connectivity index (χ1n) is 5.86. The van der Waals surface area contributed by atoms with Crippen LogP contribution in [0.1, 0.15) is 12.0 Å². The second kappa shape index (κ2) is 8.00. The van der Waals surface area contributed by atoms with Gasteiger partial charge in [-0.25, -0.2) is 0 Å². The normalized spacial score (nSPS) is 10.3. The number of hydrogen-bond acceptors (Lipinski definition) is 4. The Morgan fingerprint density at radius 1 is 1.50 bits per heavy atom. The summed E-state index contributed by atoms with van der Waals surface area (Å²) in [6, 6.07) is 5.60. The maximum absolute atomic E-state index is 11.7. The highest BCUT2D eigenvalue weighted by atomic mass is 32.2. The molecule has 0 fully saturated rings. The predicted octanol–water partition coefficient (Wildman–Crippen LogP) is 2.29. The molecule has 1 rings (SSSR count). The summed E-state index contributed by atoms with van der Waals surface area (Å²) in [7, 11) is 1.68. The minimum Gasteiger partial charge on any atom is -0.397 e. The smallest absolute Gasteiger partial charge is 0.234 e. The SMILES string of the molecule is COCCCSCC(=O)Nc1cc(C)ccc1N.